The summed E-state index contributed by atoms with van der Waals surface area (Å²) in [4.78, 5) is 16.6. The number of carbonyl (C=O) groups excluding carboxylic acids is 1. The Morgan fingerprint density at radius 1 is 1.14 bits per heavy atom. The predicted octanol–water partition coefficient (Wildman–Crippen LogP) is 2.89. The van der Waals surface area contributed by atoms with Crippen LogP contribution in [0.1, 0.15) is 36.9 Å². The van der Waals surface area contributed by atoms with Crippen molar-refractivity contribution in [2.24, 2.45) is 5.92 Å². The minimum atomic E-state index is -3.44. The lowest BCUT2D eigenvalue weighted by Crippen LogP contribution is -2.39. The van der Waals surface area contributed by atoms with E-state index in [-0.39, 0.29) is 5.91 Å². The number of carbonyl (C=O) groups is 1. The molecule has 150 valence electrons. The highest BCUT2D eigenvalue weighted by molar-refractivity contribution is 7.89. The first-order valence-electron chi connectivity index (χ1n) is 9.69. The van der Waals surface area contributed by atoms with Crippen molar-refractivity contribution in [2.75, 3.05) is 13.1 Å². The molecule has 0 radical (unpaired) electrons. The number of amides is 1. The van der Waals surface area contributed by atoms with Gasteiger partial charge in [0.25, 0.3) is 0 Å². The molecule has 2 aromatic rings. The zero-order valence-corrected chi connectivity index (χ0v) is 17.0. The second-order valence-electron chi connectivity index (χ2n) is 7.25. The Hall–Kier alpha value is -2.25. The zero-order chi connectivity index (χ0) is 20.0. The average Bonchev–Trinajstić information content (AvgIpc) is 2.72. The number of nitrogens with one attached hydrogen (secondary N) is 1. The van der Waals surface area contributed by atoms with E-state index in [4.69, 9.17) is 0 Å². The molecular formula is C21H27N3O3S. The van der Waals surface area contributed by atoms with Crippen molar-refractivity contribution >= 4 is 15.9 Å². The Balaban J connectivity index is 1.44. The molecule has 1 fully saturated rings. The molecule has 0 unspecified atom stereocenters. The highest BCUT2D eigenvalue weighted by Crippen LogP contribution is 2.27. The van der Waals surface area contributed by atoms with Crippen molar-refractivity contribution in [3.05, 3.63) is 59.9 Å². The summed E-state index contributed by atoms with van der Waals surface area (Å²) in [6.45, 7) is 3.28. The summed E-state index contributed by atoms with van der Waals surface area (Å²) in [6, 6.07) is 12.7. The third kappa shape index (κ3) is 5.17. The summed E-state index contributed by atoms with van der Waals surface area (Å²) in [6.07, 6.45) is 4.53. The van der Waals surface area contributed by atoms with E-state index in [0.29, 0.717) is 36.9 Å². The molecule has 6 nitrogen and oxygen atoms in total. The van der Waals surface area contributed by atoms with E-state index in [1.807, 2.05) is 37.3 Å². The number of benzene rings is 1. The number of hydrogen-bond acceptors (Lipinski definition) is 4. The first-order chi connectivity index (χ1) is 13.5. The van der Waals surface area contributed by atoms with Crippen LogP contribution in [0.4, 0.5) is 0 Å². The second kappa shape index (κ2) is 9.30. The predicted molar refractivity (Wildman–Crippen MR) is 108 cm³/mol. The zero-order valence-electron chi connectivity index (χ0n) is 16.2. The summed E-state index contributed by atoms with van der Waals surface area (Å²) in [5, 5.41) is 2.89. The summed E-state index contributed by atoms with van der Waals surface area (Å²) in [5.74, 6) is 0.393. The van der Waals surface area contributed by atoms with Gasteiger partial charge >= 0.3 is 0 Å². The van der Waals surface area contributed by atoms with Gasteiger partial charge in [0.1, 0.15) is 0 Å². The molecule has 2 heterocycles. The molecule has 1 aromatic carbocycles. The number of nitrogens with zero attached hydrogens (tertiary/aromatic N) is 2. The summed E-state index contributed by atoms with van der Waals surface area (Å²) in [5.41, 5.74) is 1.61. The highest BCUT2D eigenvalue weighted by Gasteiger charge is 2.30. The van der Waals surface area contributed by atoms with Crippen molar-refractivity contribution < 1.29 is 13.2 Å². The Morgan fingerprint density at radius 3 is 2.54 bits per heavy atom. The van der Waals surface area contributed by atoms with Gasteiger partial charge in [0.05, 0.1) is 17.1 Å². The molecule has 1 amide bonds. The van der Waals surface area contributed by atoms with Crippen molar-refractivity contribution in [1.82, 2.24) is 14.6 Å². The molecule has 0 bridgehead atoms. The highest BCUT2D eigenvalue weighted by atomic mass is 32.2. The maximum atomic E-state index is 12.9. The topological polar surface area (TPSA) is 79.4 Å². The van der Waals surface area contributed by atoms with Crippen LogP contribution >= 0.6 is 0 Å². The Kier molecular flexibility index (Phi) is 6.80. The molecule has 0 saturated carbocycles. The third-order valence-electron chi connectivity index (χ3n) is 5.26. The van der Waals surface area contributed by atoms with Crippen LogP contribution < -0.4 is 5.32 Å². The summed E-state index contributed by atoms with van der Waals surface area (Å²) >= 11 is 0. The van der Waals surface area contributed by atoms with Crippen molar-refractivity contribution in [2.45, 2.75) is 44.0 Å². The molecule has 28 heavy (non-hydrogen) atoms. The van der Waals surface area contributed by atoms with Crippen LogP contribution in [-0.2, 0) is 21.4 Å². The largest absolute Gasteiger partial charge is 0.350 e. The number of piperidine rings is 1. The summed E-state index contributed by atoms with van der Waals surface area (Å²) < 4.78 is 27.3. The lowest BCUT2D eigenvalue weighted by Gasteiger charge is -2.31. The quantitative estimate of drug-likeness (QED) is 0.774. The fourth-order valence-electron chi connectivity index (χ4n) is 3.54. The monoisotopic (exact) mass is 401 g/mol. The van der Waals surface area contributed by atoms with Crippen LogP contribution in [0.25, 0.3) is 0 Å². The number of rotatable bonds is 7. The van der Waals surface area contributed by atoms with Gasteiger partial charge in [-0.25, -0.2) is 8.42 Å². The number of sulfonamides is 1. The minimum Gasteiger partial charge on any atom is -0.350 e. The van der Waals surface area contributed by atoms with Crippen molar-refractivity contribution in [1.29, 1.82) is 0 Å². The van der Waals surface area contributed by atoms with Gasteiger partial charge in [0.2, 0.25) is 15.9 Å². The van der Waals surface area contributed by atoms with Crippen LogP contribution in [0.2, 0.25) is 0 Å². The minimum absolute atomic E-state index is 0.0145. The van der Waals surface area contributed by atoms with Gasteiger partial charge in [-0.1, -0.05) is 24.3 Å². The van der Waals surface area contributed by atoms with E-state index in [2.05, 4.69) is 10.3 Å². The van der Waals surface area contributed by atoms with E-state index < -0.39 is 10.0 Å². The molecule has 1 saturated heterocycles. The Morgan fingerprint density at radius 2 is 1.86 bits per heavy atom. The molecule has 3 rings (SSSR count). The Bertz CT molecular complexity index is 892. The number of hydrogen-bond donors (Lipinski definition) is 1. The van der Waals surface area contributed by atoms with Gasteiger partial charge in [-0.05, 0) is 55.9 Å². The van der Waals surface area contributed by atoms with Gasteiger partial charge < -0.3 is 5.32 Å². The first-order valence-corrected chi connectivity index (χ1v) is 11.1. The van der Waals surface area contributed by atoms with Crippen LogP contribution in [0.5, 0.6) is 0 Å². The lowest BCUT2D eigenvalue weighted by atomic mass is 9.93. The maximum Gasteiger partial charge on any atom is 0.243 e. The average molecular weight is 402 g/mol. The molecule has 0 aliphatic carbocycles. The van der Waals surface area contributed by atoms with Gasteiger partial charge in [0.15, 0.2) is 0 Å². The van der Waals surface area contributed by atoms with Crippen LogP contribution in [-0.4, -0.2) is 36.7 Å². The summed E-state index contributed by atoms with van der Waals surface area (Å²) in [7, 11) is -3.44. The standard InChI is InChI=1S/C21H27N3O3S/c1-17-6-2-3-8-20(17)28(26,27)24-14-11-18(12-15-24)9-10-21(25)23-16-19-7-4-5-13-22-19/h2-8,13,18H,9-12,14-16H2,1H3,(H,23,25). The lowest BCUT2D eigenvalue weighted by molar-refractivity contribution is -0.121. The van der Waals surface area contributed by atoms with Gasteiger partial charge in [-0.2, -0.15) is 4.31 Å². The molecule has 1 aliphatic heterocycles. The van der Waals surface area contributed by atoms with Crippen molar-refractivity contribution in [3.8, 4) is 0 Å². The van der Waals surface area contributed by atoms with Gasteiger partial charge in [0, 0.05) is 25.7 Å². The normalized spacial score (nSPS) is 16.0. The molecular weight excluding hydrogens is 374 g/mol. The molecule has 0 spiro atoms. The van der Waals surface area contributed by atoms with E-state index in [1.54, 1.807) is 22.6 Å². The molecule has 1 N–H and O–H groups in total. The molecule has 1 aromatic heterocycles. The molecule has 7 heteroatoms. The van der Waals surface area contributed by atoms with E-state index >= 15 is 0 Å². The Labute approximate surface area is 167 Å². The SMILES string of the molecule is Cc1ccccc1S(=O)(=O)N1CCC(CCC(=O)NCc2ccccn2)CC1. The van der Waals surface area contributed by atoms with Crippen LogP contribution in [0, 0.1) is 12.8 Å². The fraction of sp³-hybridized carbons (Fsp3) is 0.429. The number of pyridine rings is 1. The van der Waals surface area contributed by atoms with Gasteiger partial charge in [-0.15, -0.1) is 0 Å². The number of aromatic nitrogens is 1. The smallest absolute Gasteiger partial charge is 0.243 e. The van der Waals surface area contributed by atoms with Gasteiger partial charge in [-0.3, -0.25) is 9.78 Å². The van der Waals surface area contributed by atoms with Crippen LogP contribution in [0.15, 0.2) is 53.6 Å². The van der Waals surface area contributed by atoms with E-state index in [9.17, 15) is 13.2 Å². The fourth-order valence-corrected chi connectivity index (χ4v) is 5.23. The van der Waals surface area contributed by atoms with Crippen molar-refractivity contribution in [3.63, 3.8) is 0 Å². The van der Waals surface area contributed by atoms with Crippen LogP contribution in [0.3, 0.4) is 0 Å². The maximum absolute atomic E-state index is 12.9. The third-order valence-corrected chi connectivity index (χ3v) is 7.32. The van der Waals surface area contributed by atoms with E-state index in [0.717, 1.165) is 30.5 Å². The molecule has 0 atom stereocenters. The first kappa shape index (κ1) is 20.5. The van der Waals surface area contributed by atoms with E-state index in [1.165, 1.54) is 0 Å². The number of aryl methyl sites for hydroxylation is 1. The molecule has 1 aliphatic rings. The second-order valence-corrected chi connectivity index (χ2v) is 9.16.